The van der Waals surface area contributed by atoms with Crippen LogP contribution in [-0.4, -0.2) is 42.7 Å². The van der Waals surface area contributed by atoms with Crippen molar-refractivity contribution in [1.82, 2.24) is 4.90 Å². The van der Waals surface area contributed by atoms with Crippen LogP contribution in [0.4, 0.5) is 0 Å². The summed E-state index contributed by atoms with van der Waals surface area (Å²) >= 11 is 0. The van der Waals surface area contributed by atoms with E-state index >= 15 is 0 Å². The summed E-state index contributed by atoms with van der Waals surface area (Å²) in [5, 5.41) is 9.68. The number of carbonyl (C=O) groups excluding carboxylic acids is 1. The number of benzene rings is 1. The SMILES string of the molecule is COCC1CCN(C(=O)Cc2ccccc2O)CC1. The van der Waals surface area contributed by atoms with Crippen molar-refractivity contribution in [3.05, 3.63) is 29.8 Å². The number of carbonyl (C=O) groups is 1. The number of phenols is 1. The Kier molecular flexibility index (Phi) is 4.80. The molecule has 4 heteroatoms. The summed E-state index contributed by atoms with van der Waals surface area (Å²) in [6.45, 7) is 2.36. The molecular weight excluding hydrogens is 242 g/mol. The average molecular weight is 263 g/mol. The molecular formula is C15H21NO3. The molecule has 1 saturated heterocycles. The van der Waals surface area contributed by atoms with Crippen LogP contribution in [0.2, 0.25) is 0 Å². The zero-order chi connectivity index (χ0) is 13.7. The number of aromatic hydroxyl groups is 1. The Labute approximate surface area is 114 Å². The second-order valence-electron chi connectivity index (χ2n) is 5.08. The summed E-state index contributed by atoms with van der Waals surface area (Å²) in [6.07, 6.45) is 2.28. The highest BCUT2D eigenvalue weighted by molar-refractivity contribution is 5.79. The van der Waals surface area contributed by atoms with Crippen molar-refractivity contribution in [3.63, 3.8) is 0 Å². The van der Waals surface area contributed by atoms with E-state index in [0.717, 1.165) is 32.5 Å². The minimum atomic E-state index is 0.0948. The summed E-state index contributed by atoms with van der Waals surface area (Å²) < 4.78 is 5.15. The molecule has 1 aromatic carbocycles. The summed E-state index contributed by atoms with van der Waals surface area (Å²) in [7, 11) is 1.72. The number of methoxy groups -OCH3 is 1. The lowest BCUT2D eigenvalue weighted by atomic mass is 9.97. The van der Waals surface area contributed by atoms with Gasteiger partial charge in [0.1, 0.15) is 5.75 Å². The topological polar surface area (TPSA) is 49.8 Å². The number of para-hydroxylation sites is 1. The molecule has 0 aromatic heterocycles. The van der Waals surface area contributed by atoms with Gasteiger partial charge in [0.15, 0.2) is 0 Å². The Bertz CT molecular complexity index is 425. The molecule has 0 spiro atoms. The number of nitrogens with zero attached hydrogens (tertiary/aromatic N) is 1. The van der Waals surface area contributed by atoms with Gasteiger partial charge in [0, 0.05) is 32.4 Å². The maximum atomic E-state index is 12.2. The molecule has 1 aromatic rings. The van der Waals surface area contributed by atoms with Gasteiger partial charge in [0.05, 0.1) is 6.42 Å². The molecule has 1 amide bonds. The van der Waals surface area contributed by atoms with Gasteiger partial charge in [-0.15, -0.1) is 0 Å². The molecule has 1 N–H and O–H groups in total. The van der Waals surface area contributed by atoms with E-state index in [-0.39, 0.29) is 18.1 Å². The lowest BCUT2D eigenvalue weighted by Gasteiger charge is -2.31. The molecule has 104 valence electrons. The van der Waals surface area contributed by atoms with Crippen molar-refractivity contribution in [2.45, 2.75) is 19.3 Å². The number of hydrogen-bond donors (Lipinski definition) is 1. The molecule has 0 unspecified atom stereocenters. The van der Waals surface area contributed by atoms with Gasteiger partial charge in [0.25, 0.3) is 0 Å². The lowest BCUT2D eigenvalue weighted by molar-refractivity contribution is -0.132. The van der Waals surface area contributed by atoms with Crippen LogP contribution in [0, 0.1) is 5.92 Å². The Morgan fingerprint density at radius 2 is 2.05 bits per heavy atom. The minimum absolute atomic E-state index is 0.0948. The number of piperidine rings is 1. The summed E-state index contributed by atoms with van der Waals surface area (Å²) in [5.74, 6) is 0.863. The predicted molar refractivity (Wildman–Crippen MR) is 73.0 cm³/mol. The lowest BCUT2D eigenvalue weighted by Crippen LogP contribution is -2.40. The molecule has 0 saturated carbocycles. The van der Waals surface area contributed by atoms with E-state index in [9.17, 15) is 9.90 Å². The second kappa shape index (κ2) is 6.57. The van der Waals surface area contributed by atoms with Crippen molar-refractivity contribution < 1.29 is 14.6 Å². The van der Waals surface area contributed by atoms with Gasteiger partial charge in [-0.1, -0.05) is 18.2 Å². The Balaban J connectivity index is 1.87. The first-order valence-electron chi connectivity index (χ1n) is 6.74. The Hall–Kier alpha value is -1.55. The number of ether oxygens (including phenoxy) is 1. The zero-order valence-corrected chi connectivity index (χ0v) is 11.3. The fourth-order valence-corrected chi connectivity index (χ4v) is 2.52. The molecule has 1 fully saturated rings. The van der Waals surface area contributed by atoms with Crippen LogP contribution in [0.5, 0.6) is 5.75 Å². The number of rotatable bonds is 4. The predicted octanol–water partition coefficient (Wildman–Crippen LogP) is 1.82. The monoisotopic (exact) mass is 263 g/mol. The maximum Gasteiger partial charge on any atom is 0.227 e. The van der Waals surface area contributed by atoms with E-state index in [0.29, 0.717) is 11.5 Å². The van der Waals surface area contributed by atoms with Gasteiger partial charge in [-0.25, -0.2) is 0 Å². The average Bonchev–Trinajstić information content (AvgIpc) is 2.42. The van der Waals surface area contributed by atoms with Gasteiger partial charge in [-0.05, 0) is 24.8 Å². The number of hydrogen-bond acceptors (Lipinski definition) is 3. The smallest absolute Gasteiger partial charge is 0.227 e. The van der Waals surface area contributed by atoms with E-state index < -0.39 is 0 Å². The fraction of sp³-hybridized carbons (Fsp3) is 0.533. The third-order valence-electron chi connectivity index (χ3n) is 3.70. The van der Waals surface area contributed by atoms with Gasteiger partial charge >= 0.3 is 0 Å². The maximum absolute atomic E-state index is 12.2. The zero-order valence-electron chi connectivity index (χ0n) is 11.3. The van der Waals surface area contributed by atoms with Crippen molar-refractivity contribution in [2.75, 3.05) is 26.8 Å². The van der Waals surface area contributed by atoms with Gasteiger partial charge in [-0.3, -0.25) is 4.79 Å². The number of amides is 1. The molecule has 0 bridgehead atoms. The van der Waals surface area contributed by atoms with Crippen molar-refractivity contribution >= 4 is 5.91 Å². The van der Waals surface area contributed by atoms with E-state index in [2.05, 4.69) is 0 Å². The minimum Gasteiger partial charge on any atom is -0.508 e. The van der Waals surface area contributed by atoms with Gasteiger partial charge < -0.3 is 14.7 Å². The molecule has 2 rings (SSSR count). The normalized spacial score (nSPS) is 16.6. The third kappa shape index (κ3) is 3.70. The van der Waals surface area contributed by atoms with Crippen LogP contribution < -0.4 is 0 Å². The van der Waals surface area contributed by atoms with E-state index in [1.165, 1.54) is 0 Å². The Morgan fingerprint density at radius 3 is 2.68 bits per heavy atom. The highest BCUT2D eigenvalue weighted by atomic mass is 16.5. The third-order valence-corrected chi connectivity index (χ3v) is 3.70. The fourth-order valence-electron chi connectivity index (χ4n) is 2.52. The van der Waals surface area contributed by atoms with Gasteiger partial charge in [-0.2, -0.15) is 0 Å². The van der Waals surface area contributed by atoms with Crippen LogP contribution in [0.15, 0.2) is 24.3 Å². The van der Waals surface area contributed by atoms with E-state index in [1.54, 1.807) is 25.3 Å². The first-order valence-corrected chi connectivity index (χ1v) is 6.74. The standard InChI is InChI=1S/C15H21NO3/c1-19-11-12-6-8-16(9-7-12)15(18)10-13-4-2-3-5-14(13)17/h2-5,12,17H,6-11H2,1H3. The summed E-state index contributed by atoms with van der Waals surface area (Å²) in [5.41, 5.74) is 0.700. The molecule has 1 aliphatic heterocycles. The first kappa shape index (κ1) is 13.9. The molecule has 1 heterocycles. The molecule has 0 aliphatic carbocycles. The largest absolute Gasteiger partial charge is 0.508 e. The van der Waals surface area contributed by atoms with Crippen molar-refractivity contribution in [3.8, 4) is 5.75 Å². The second-order valence-corrected chi connectivity index (χ2v) is 5.08. The van der Waals surface area contributed by atoms with Crippen LogP contribution in [0.1, 0.15) is 18.4 Å². The highest BCUT2D eigenvalue weighted by Gasteiger charge is 2.23. The first-order chi connectivity index (χ1) is 9.20. The molecule has 19 heavy (non-hydrogen) atoms. The molecule has 4 nitrogen and oxygen atoms in total. The summed E-state index contributed by atoms with van der Waals surface area (Å²) in [6, 6.07) is 7.02. The van der Waals surface area contributed by atoms with Crippen molar-refractivity contribution in [2.24, 2.45) is 5.92 Å². The van der Waals surface area contributed by atoms with Crippen LogP contribution >= 0.6 is 0 Å². The van der Waals surface area contributed by atoms with Crippen LogP contribution in [-0.2, 0) is 16.0 Å². The quantitative estimate of drug-likeness (QED) is 0.901. The Morgan fingerprint density at radius 1 is 1.37 bits per heavy atom. The highest BCUT2D eigenvalue weighted by Crippen LogP contribution is 2.20. The van der Waals surface area contributed by atoms with E-state index in [1.807, 2.05) is 11.0 Å². The number of phenolic OH excluding ortho intramolecular Hbond substituents is 1. The van der Waals surface area contributed by atoms with Crippen LogP contribution in [0.3, 0.4) is 0 Å². The van der Waals surface area contributed by atoms with Gasteiger partial charge in [0.2, 0.25) is 5.91 Å². The molecule has 1 aliphatic rings. The molecule has 0 radical (unpaired) electrons. The number of likely N-dealkylation sites (tertiary alicyclic amines) is 1. The van der Waals surface area contributed by atoms with Crippen molar-refractivity contribution in [1.29, 1.82) is 0 Å². The van der Waals surface area contributed by atoms with Crippen LogP contribution in [0.25, 0.3) is 0 Å². The summed E-state index contributed by atoms with van der Waals surface area (Å²) in [4.78, 5) is 14.1. The molecule has 0 atom stereocenters. The van der Waals surface area contributed by atoms with E-state index in [4.69, 9.17) is 4.74 Å².